The standard InChI is InChI=1S/C11H22N2O2/c1-9-8-12-5-6-13(9)10(14)7-11(2,3)15-4/h9,12H,5-8H2,1-4H3/t9-/m1/s1. The third-order valence-electron chi connectivity index (χ3n) is 2.95. The van der Waals surface area contributed by atoms with Crippen LogP contribution in [0.15, 0.2) is 0 Å². The van der Waals surface area contributed by atoms with Crippen molar-refractivity contribution in [2.75, 3.05) is 26.7 Å². The quantitative estimate of drug-likeness (QED) is 0.749. The van der Waals surface area contributed by atoms with Gasteiger partial charge in [-0.15, -0.1) is 0 Å². The van der Waals surface area contributed by atoms with E-state index in [2.05, 4.69) is 12.2 Å². The van der Waals surface area contributed by atoms with Crippen LogP contribution >= 0.6 is 0 Å². The average molecular weight is 214 g/mol. The molecule has 1 atom stereocenters. The van der Waals surface area contributed by atoms with Crippen LogP contribution in [0.1, 0.15) is 27.2 Å². The Morgan fingerprint density at radius 1 is 1.60 bits per heavy atom. The van der Waals surface area contributed by atoms with Crippen LogP contribution in [-0.2, 0) is 9.53 Å². The van der Waals surface area contributed by atoms with E-state index < -0.39 is 0 Å². The van der Waals surface area contributed by atoms with E-state index >= 15 is 0 Å². The van der Waals surface area contributed by atoms with Crippen molar-refractivity contribution in [3.05, 3.63) is 0 Å². The first-order valence-corrected chi connectivity index (χ1v) is 5.51. The van der Waals surface area contributed by atoms with Gasteiger partial charge in [-0.2, -0.15) is 0 Å². The van der Waals surface area contributed by atoms with E-state index in [4.69, 9.17) is 4.74 Å². The molecule has 1 amide bonds. The number of hydrogen-bond acceptors (Lipinski definition) is 3. The predicted octanol–water partition coefficient (Wildman–Crippen LogP) is 0.622. The largest absolute Gasteiger partial charge is 0.378 e. The van der Waals surface area contributed by atoms with E-state index in [1.54, 1.807) is 7.11 Å². The van der Waals surface area contributed by atoms with Crippen molar-refractivity contribution in [1.29, 1.82) is 0 Å². The summed E-state index contributed by atoms with van der Waals surface area (Å²) in [5, 5.41) is 3.27. The van der Waals surface area contributed by atoms with Crippen molar-refractivity contribution in [2.45, 2.75) is 38.8 Å². The number of nitrogens with one attached hydrogen (secondary N) is 1. The molecule has 0 spiro atoms. The lowest BCUT2D eigenvalue weighted by molar-refractivity contribution is -0.139. The van der Waals surface area contributed by atoms with Crippen LogP contribution in [0, 0.1) is 0 Å². The van der Waals surface area contributed by atoms with E-state index in [1.807, 2.05) is 18.7 Å². The minimum absolute atomic E-state index is 0.191. The molecule has 1 N–H and O–H groups in total. The van der Waals surface area contributed by atoms with Crippen LogP contribution in [0.25, 0.3) is 0 Å². The van der Waals surface area contributed by atoms with Gasteiger partial charge in [-0.1, -0.05) is 0 Å². The van der Waals surface area contributed by atoms with E-state index in [9.17, 15) is 4.79 Å². The van der Waals surface area contributed by atoms with Crippen LogP contribution in [0.3, 0.4) is 0 Å². The molecule has 4 nitrogen and oxygen atoms in total. The van der Waals surface area contributed by atoms with Gasteiger partial charge < -0.3 is 15.0 Å². The summed E-state index contributed by atoms with van der Waals surface area (Å²) in [5.74, 6) is 0.191. The zero-order valence-corrected chi connectivity index (χ0v) is 10.2. The highest BCUT2D eigenvalue weighted by atomic mass is 16.5. The van der Waals surface area contributed by atoms with Crippen molar-refractivity contribution < 1.29 is 9.53 Å². The fraction of sp³-hybridized carbons (Fsp3) is 0.909. The first-order valence-electron chi connectivity index (χ1n) is 5.51. The Morgan fingerprint density at radius 2 is 2.27 bits per heavy atom. The smallest absolute Gasteiger partial charge is 0.225 e. The molecule has 1 fully saturated rings. The summed E-state index contributed by atoms with van der Waals surface area (Å²) in [6, 6.07) is 0.291. The number of amides is 1. The molecule has 15 heavy (non-hydrogen) atoms. The van der Waals surface area contributed by atoms with Gasteiger partial charge in [0.2, 0.25) is 5.91 Å². The van der Waals surface area contributed by atoms with Crippen LogP contribution < -0.4 is 5.32 Å². The summed E-state index contributed by atoms with van der Waals surface area (Å²) in [5.41, 5.74) is -0.359. The number of rotatable bonds is 3. The lowest BCUT2D eigenvalue weighted by Gasteiger charge is -2.36. The lowest BCUT2D eigenvalue weighted by Crippen LogP contribution is -2.53. The Balaban J connectivity index is 2.52. The molecule has 1 aliphatic heterocycles. The predicted molar refractivity (Wildman–Crippen MR) is 59.7 cm³/mol. The molecule has 0 unspecified atom stereocenters. The summed E-state index contributed by atoms with van der Waals surface area (Å²) in [7, 11) is 1.65. The van der Waals surface area contributed by atoms with Gasteiger partial charge in [-0.05, 0) is 20.8 Å². The third kappa shape index (κ3) is 3.47. The number of carbonyl (C=O) groups is 1. The first-order chi connectivity index (χ1) is 6.96. The molecule has 1 rings (SSSR count). The normalized spacial score (nSPS) is 22.9. The number of nitrogens with zero attached hydrogens (tertiary/aromatic N) is 1. The maximum absolute atomic E-state index is 12.0. The summed E-state index contributed by atoms with van der Waals surface area (Å²) < 4.78 is 5.27. The van der Waals surface area contributed by atoms with E-state index in [0.717, 1.165) is 19.6 Å². The zero-order valence-electron chi connectivity index (χ0n) is 10.2. The van der Waals surface area contributed by atoms with Crippen LogP contribution in [-0.4, -0.2) is 49.2 Å². The Kier molecular flexibility index (Phi) is 4.11. The lowest BCUT2D eigenvalue weighted by atomic mass is 10.0. The van der Waals surface area contributed by atoms with Crippen molar-refractivity contribution in [3.8, 4) is 0 Å². The molecular weight excluding hydrogens is 192 g/mol. The Bertz CT molecular complexity index is 229. The minimum Gasteiger partial charge on any atom is -0.378 e. The van der Waals surface area contributed by atoms with Crippen LogP contribution in [0.5, 0.6) is 0 Å². The van der Waals surface area contributed by atoms with Gasteiger partial charge in [0.15, 0.2) is 0 Å². The first kappa shape index (κ1) is 12.5. The fourth-order valence-electron chi connectivity index (χ4n) is 1.75. The molecule has 88 valence electrons. The second-order valence-corrected chi connectivity index (χ2v) is 4.78. The molecule has 1 heterocycles. The Hall–Kier alpha value is -0.610. The molecule has 1 aliphatic rings. The van der Waals surface area contributed by atoms with Crippen LogP contribution in [0.4, 0.5) is 0 Å². The van der Waals surface area contributed by atoms with Crippen molar-refractivity contribution in [2.24, 2.45) is 0 Å². The van der Waals surface area contributed by atoms with E-state index in [-0.39, 0.29) is 11.5 Å². The second kappa shape index (κ2) is 4.94. The van der Waals surface area contributed by atoms with Gasteiger partial charge in [0.1, 0.15) is 0 Å². The molecule has 0 bridgehead atoms. The maximum Gasteiger partial charge on any atom is 0.225 e. The average Bonchev–Trinajstić information content (AvgIpc) is 2.17. The van der Waals surface area contributed by atoms with Gasteiger partial charge in [0.25, 0.3) is 0 Å². The monoisotopic (exact) mass is 214 g/mol. The summed E-state index contributed by atoms with van der Waals surface area (Å²) in [4.78, 5) is 13.9. The SMILES string of the molecule is COC(C)(C)CC(=O)N1CCNC[C@H]1C. The van der Waals surface area contributed by atoms with Crippen molar-refractivity contribution in [1.82, 2.24) is 10.2 Å². The number of ether oxygens (including phenoxy) is 1. The molecule has 0 radical (unpaired) electrons. The van der Waals surface area contributed by atoms with Gasteiger partial charge in [-0.25, -0.2) is 0 Å². The summed E-state index contributed by atoms with van der Waals surface area (Å²) >= 11 is 0. The highest BCUT2D eigenvalue weighted by molar-refractivity contribution is 5.77. The number of piperazine rings is 1. The topological polar surface area (TPSA) is 41.6 Å². The highest BCUT2D eigenvalue weighted by Crippen LogP contribution is 2.16. The maximum atomic E-state index is 12.0. The molecule has 0 aromatic heterocycles. The van der Waals surface area contributed by atoms with Crippen molar-refractivity contribution >= 4 is 5.91 Å². The van der Waals surface area contributed by atoms with Gasteiger partial charge in [-0.3, -0.25) is 4.79 Å². The Morgan fingerprint density at radius 3 is 2.80 bits per heavy atom. The Labute approximate surface area is 92.0 Å². The van der Waals surface area contributed by atoms with Gasteiger partial charge >= 0.3 is 0 Å². The fourth-order valence-corrected chi connectivity index (χ4v) is 1.75. The zero-order chi connectivity index (χ0) is 11.5. The van der Waals surface area contributed by atoms with Gasteiger partial charge in [0, 0.05) is 32.8 Å². The molecule has 1 saturated heterocycles. The number of carbonyl (C=O) groups excluding carboxylic acids is 1. The third-order valence-corrected chi connectivity index (χ3v) is 2.95. The molecule has 0 saturated carbocycles. The molecule has 0 aliphatic carbocycles. The van der Waals surface area contributed by atoms with E-state index in [0.29, 0.717) is 12.5 Å². The number of hydrogen-bond donors (Lipinski definition) is 1. The van der Waals surface area contributed by atoms with Crippen LogP contribution in [0.2, 0.25) is 0 Å². The van der Waals surface area contributed by atoms with Crippen molar-refractivity contribution in [3.63, 3.8) is 0 Å². The minimum atomic E-state index is -0.359. The van der Waals surface area contributed by atoms with E-state index in [1.165, 1.54) is 0 Å². The summed E-state index contributed by atoms with van der Waals surface area (Å²) in [6.45, 7) is 8.54. The second-order valence-electron chi connectivity index (χ2n) is 4.78. The summed E-state index contributed by atoms with van der Waals surface area (Å²) in [6.07, 6.45) is 0.452. The molecule has 0 aromatic rings. The molecule has 0 aromatic carbocycles. The molecule has 4 heteroatoms. The highest BCUT2D eigenvalue weighted by Gasteiger charge is 2.28. The van der Waals surface area contributed by atoms with Gasteiger partial charge in [0.05, 0.1) is 12.0 Å². The number of methoxy groups -OCH3 is 1. The molecular formula is C11H22N2O2.